The van der Waals surface area contributed by atoms with Crippen LogP contribution in [0.15, 0.2) is 54.6 Å². The van der Waals surface area contributed by atoms with E-state index in [4.69, 9.17) is 4.74 Å². The highest BCUT2D eigenvalue weighted by molar-refractivity contribution is 5.35. The lowest BCUT2D eigenvalue weighted by Crippen LogP contribution is -2.35. The van der Waals surface area contributed by atoms with Gasteiger partial charge in [-0.05, 0) is 37.0 Å². The third kappa shape index (κ3) is 3.02. The fourth-order valence-electron chi connectivity index (χ4n) is 2.69. The van der Waals surface area contributed by atoms with Gasteiger partial charge in [-0.15, -0.1) is 0 Å². The maximum atomic E-state index is 6.06. The Kier molecular flexibility index (Phi) is 4.03. The molecule has 1 heterocycles. The van der Waals surface area contributed by atoms with Gasteiger partial charge in [0.2, 0.25) is 0 Å². The van der Waals surface area contributed by atoms with Crippen molar-refractivity contribution < 1.29 is 4.74 Å². The van der Waals surface area contributed by atoms with Gasteiger partial charge in [0.15, 0.2) is 0 Å². The Morgan fingerprint density at radius 1 is 1.10 bits per heavy atom. The third-order valence-electron chi connectivity index (χ3n) is 3.95. The van der Waals surface area contributed by atoms with Crippen molar-refractivity contribution in [2.24, 2.45) is 0 Å². The molecule has 0 spiro atoms. The van der Waals surface area contributed by atoms with E-state index in [1.807, 2.05) is 6.07 Å². The largest absolute Gasteiger partial charge is 0.489 e. The zero-order valence-electron chi connectivity index (χ0n) is 11.9. The molecule has 0 unspecified atom stereocenters. The second-order valence-electron chi connectivity index (χ2n) is 5.43. The van der Waals surface area contributed by atoms with Gasteiger partial charge in [0.1, 0.15) is 11.9 Å². The van der Waals surface area contributed by atoms with E-state index in [1.54, 1.807) is 0 Å². The highest BCUT2D eigenvalue weighted by atomic mass is 16.5. The Hall–Kier alpha value is -1.80. The number of rotatable bonds is 4. The van der Waals surface area contributed by atoms with Gasteiger partial charge >= 0.3 is 0 Å². The molecular weight excluding hydrogens is 246 g/mol. The molecule has 1 aliphatic heterocycles. The van der Waals surface area contributed by atoms with Gasteiger partial charge in [-0.1, -0.05) is 48.5 Å². The van der Waals surface area contributed by atoms with Gasteiger partial charge in [-0.2, -0.15) is 0 Å². The molecule has 104 valence electrons. The summed E-state index contributed by atoms with van der Waals surface area (Å²) in [5, 5.41) is 3.57. The molecule has 0 saturated heterocycles. The first-order chi connectivity index (χ1) is 9.83. The van der Waals surface area contributed by atoms with Crippen LogP contribution >= 0.6 is 0 Å². The molecule has 0 radical (unpaired) electrons. The lowest BCUT2D eigenvalue weighted by Gasteiger charge is -2.27. The van der Waals surface area contributed by atoms with Crippen LogP contribution in [0.5, 0.6) is 5.75 Å². The summed E-state index contributed by atoms with van der Waals surface area (Å²) in [6, 6.07) is 19.3. The van der Waals surface area contributed by atoms with Crippen molar-refractivity contribution in [1.29, 1.82) is 0 Å². The molecule has 20 heavy (non-hydrogen) atoms. The molecule has 2 aromatic rings. The standard InChI is InChI=1S/C18H21NO/c1-14(15-7-3-2-4-8-15)19-13-17-12-11-16-9-5-6-10-18(16)20-17/h2-10,14,17,19H,11-13H2,1H3/t14-,17+/m1/s1. The maximum Gasteiger partial charge on any atom is 0.122 e. The smallest absolute Gasteiger partial charge is 0.122 e. The van der Waals surface area contributed by atoms with Crippen molar-refractivity contribution in [1.82, 2.24) is 5.32 Å². The highest BCUT2D eigenvalue weighted by Crippen LogP contribution is 2.27. The molecule has 2 atom stereocenters. The summed E-state index contributed by atoms with van der Waals surface area (Å²) in [7, 11) is 0. The van der Waals surface area contributed by atoms with Crippen LogP contribution in [0.3, 0.4) is 0 Å². The van der Waals surface area contributed by atoms with Crippen LogP contribution in [0.2, 0.25) is 0 Å². The number of hydrogen-bond donors (Lipinski definition) is 1. The molecule has 1 N–H and O–H groups in total. The van der Waals surface area contributed by atoms with Gasteiger partial charge in [0, 0.05) is 12.6 Å². The van der Waals surface area contributed by atoms with Gasteiger partial charge in [0.05, 0.1) is 0 Å². The fourth-order valence-corrected chi connectivity index (χ4v) is 2.69. The molecule has 2 aromatic carbocycles. The number of fused-ring (bicyclic) bond motifs is 1. The van der Waals surface area contributed by atoms with Crippen molar-refractivity contribution in [2.45, 2.75) is 31.9 Å². The second kappa shape index (κ2) is 6.10. The van der Waals surface area contributed by atoms with Crippen LogP contribution < -0.4 is 10.1 Å². The average Bonchev–Trinajstić information content (AvgIpc) is 2.53. The second-order valence-corrected chi connectivity index (χ2v) is 5.43. The summed E-state index contributed by atoms with van der Waals surface area (Å²) >= 11 is 0. The summed E-state index contributed by atoms with van der Waals surface area (Å²) in [5.41, 5.74) is 2.66. The molecule has 0 aromatic heterocycles. The maximum absolute atomic E-state index is 6.06. The minimum absolute atomic E-state index is 0.274. The normalized spacial score (nSPS) is 18.9. The molecule has 0 bridgehead atoms. The predicted molar refractivity (Wildman–Crippen MR) is 82.0 cm³/mol. The van der Waals surface area contributed by atoms with Gasteiger partial charge < -0.3 is 10.1 Å². The van der Waals surface area contributed by atoms with Gasteiger partial charge in [-0.3, -0.25) is 0 Å². The molecular formula is C18H21NO. The topological polar surface area (TPSA) is 21.3 Å². The summed E-state index contributed by atoms with van der Waals surface area (Å²) < 4.78 is 6.06. The minimum atomic E-state index is 0.274. The van der Waals surface area contributed by atoms with E-state index in [9.17, 15) is 0 Å². The molecule has 1 aliphatic rings. The number of aryl methyl sites for hydroxylation is 1. The molecule has 2 heteroatoms. The van der Waals surface area contributed by atoms with Crippen LogP contribution in [-0.2, 0) is 6.42 Å². The molecule has 0 fully saturated rings. The summed E-state index contributed by atoms with van der Waals surface area (Å²) in [5.74, 6) is 1.05. The van der Waals surface area contributed by atoms with Crippen molar-refractivity contribution >= 4 is 0 Å². The van der Waals surface area contributed by atoms with Gasteiger partial charge in [-0.25, -0.2) is 0 Å². The summed E-state index contributed by atoms with van der Waals surface area (Å²) in [4.78, 5) is 0. The Morgan fingerprint density at radius 2 is 1.85 bits per heavy atom. The van der Waals surface area contributed by atoms with E-state index in [2.05, 4.69) is 60.8 Å². The van der Waals surface area contributed by atoms with E-state index in [1.165, 1.54) is 11.1 Å². The molecule has 0 saturated carbocycles. The number of nitrogens with one attached hydrogen (secondary N) is 1. The molecule has 0 aliphatic carbocycles. The number of para-hydroxylation sites is 1. The number of hydrogen-bond acceptors (Lipinski definition) is 2. The van der Waals surface area contributed by atoms with Crippen molar-refractivity contribution in [3.63, 3.8) is 0 Å². The van der Waals surface area contributed by atoms with Crippen LogP contribution in [0.25, 0.3) is 0 Å². The predicted octanol–water partition coefficient (Wildman–Crippen LogP) is 3.73. The van der Waals surface area contributed by atoms with Crippen molar-refractivity contribution in [2.75, 3.05) is 6.54 Å². The number of ether oxygens (including phenoxy) is 1. The van der Waals surface area contributed by atoms with Crippen molar-refractivity contribution in [3.05, 3.63) is 65.7 Å². The van der Waals surface area contributed by atoms with Crippen LogP contribution in [0.4, 0.5) is 0 Å². The Bertz CT molecular complexity index is 552. The third-order valence-corrected chi connectivity index (χ3v) is 3.95. The van der Waals surface area contributed by atoms with E-state index >= 15 is 0 Å². The fraction of sp³-hybridized carbons (Fsp3) is 0.333. The first kappa shape index (κ1) is 13.2. The molecule has 0 amide bonds. The lowest BCUT2D eigenvalue weighted by molar-refractivity contribution is 0.167. The van der Waals surface area contributed by atoms with Crippen LogP contribution in [0.1, 0.15) is 30.5 Å². The quantitative estimate of drug-likeness (QED) is 0.911. The minimum Gasteiger partial charge on any atom is -0.489 e. The van der Waals surface area contributed by atoms with E-state index in [0.29, 0.717) is 6.04 Å². The zero-order valence-corrected chi connectivity index (χ0v) is 11.9. The zero-order chi connectivity index (χ0) is 13.8. The Balaban J connectivity index is 1.55. The van der Waals surface area contributed by atoms with Gasteiger partial charge in [0.25, 0.3) is 0 Å². The van der Waals surface area contributed by atoms with E-state index in [0.717, 1.165) is 25.1 Å². The Morgan fingerprint density at radius 3 is 2.70 bits per heavy atom. The first-order valence-electron chi connectivity index (χ1n) is 7.36. The van der Waals surface area contributed by atoms with Crippen LogP contribution in [0, 0.1) is 0 Å². The van der Waals surface area contributed by atoms with E-state index < -0.39 is 0 Å². The summed E-state index contributed by atoms with van der Waals surface area (Å²) in [6.07, 6.45) is 2.48. The molecule has 2 nitrogen and oxygen atoms in total. The Labute approximate surface area is 120 Å². The average molecular weight is 267 g/mol. The van der Waals surface area contributed by atoms with Crippen molar-refractivity contribution in [3.8, 4) is 5.75 Å². The monoisotopic (exact) mass is 267 g/mol. The lowest BCUT2D eigenvalue weighted by atomic mass is 10.0. The highest BCUT2D eigenvalue weighted by Gasteiger charge is 2.19. The van der Waals surface area contributed by atoms with Crippen LogP contribution in [-0.4, -0.2) is 12.6 Å². The summed E-state index contributed by atoms with van der Waals surface area (Å²) in [6.45, 7) is 3.09. The molecule has 3 rings (SSSR count). The SMILES string of the molecule is C[C@@H](NC[C@@H]1CCc2ccccc2O1)c1ccccc1. The number of benzene rings is 2. The van der Waals surface area contributed by atoms with E-state index in [-0.39, 0.29) is 6.10 Å². The first-order valence-corrected chi connectivity index (χ1v) is 7.36.